The Morgan fingerprint density at radius 3 is 2.79 bits per heavy atom. The normalized spacial score (nSPS) is 14.5. The topological polar surface area (TPSA) is 109 Å². The number of nitrogens with one attached hydrogen (secondary N) is 2. The van der Waals surface area contributed by atoms with Gasteiger partial charge in [-0.2, -0.15) is 0 Å². The van der Waals surface area contributed by atoms with E-state index >= 15 is 0 Å². The molecule has 0 bridgehead atoms. The molecule has 2 rings (SSSR count). The van der Waals surface area contributed by atoms with Gasteiger partial charge in [-0.05, 0) is 32.3 Å². The molecule has 1 aliphatic rings. The van der Waals surface area contributed by atoms with Crippen LogP contribution in [0.1, 0.15) is 51.4 Å². The van der Waals surface area contributed by atoms with Crippen molar-refractivity contribution < 1.29 is 9.59 Å². The van der Waals surface area contributed by atoms with Crippen LogP contribution in [0.15, 0.2) is 6.07 Å². The first-order valence-corrected chi connectivity index (χ1v) is 6.18. The van der Waals surface area contributed by atoms with Gasteiger partial charge < -0.3 is 5.73 Å². The van der Waals surface area contributed by atoms with Crippen LogP contribution < -0.4 is 11.1 Å². The van der Waals surface area contributed by atoms with Crippen molar-refractivity contribution in [2.75, 3.05) is 0 Å². The Morgan fingerprint density at radius 2 is 2.11 bits per heavy atom. The van der Waals surface area contributed by atoms with Gasteiger partial charge in [-0.3, -0.25) is 25.3 Å². The molecule has 0 aromatic carbocycles. The first-order chi connectivity index (χ1) is 8.99. The number of ketones is 1. The van der Waals surface area contributed by atoms with Crippen molar-refractivity contribution in [3.8, 4) is 0 Å². The quantitative estimate of drug-likeness (QED) is 0.396. The zero-order valence-corrected chi connectivity index (χ0v) is 10.7. The minimum Gasteiger partial charge on any atom is -0.370 e. The summed E-state index contributed by atoms with van der Waals surface area (Å²) >= 11 is 0. The highest BCUT2D eigenvalue weighted by atomic mass is 16.2. The van der Waals surface area contributed by atoms with Crippen molar-refractivity contribution in [3.63, 3.8) is 0 Å². The summed E-state index contributed by atoms with van der Waals surface area (Å²) in [6.45, 7) is 1.71. The fourth-order valence-electron chi connectivity index (χ4n) is 2.22. The van der Waals surface area contributed by atoms with Crippen molar-refractivity contribution in [2.45, 2.75) is 32.6 Å². The molecule has 0 saturated heterocycles. The van der Waals surface area contributed by atoms with Gasteiger partial charge in [0.25, 0.3) is 5.91 Å². The van der Waals surface area contributed by atoms with E-state index in [1.54, 1.807) is 13.0 Å². The Bertz CT molecular complexity index is 566. The van der Waals surface area contributed by atoms with Crippen LogP contribution in [-0.2, 0) is 6.42 Å². The number of Topliss-reactive ketones (excluding diaryl/α,β-unsaturated/α-hetero) is 1. The summed E-state index contributed by atoms with van der Waals surface area (Å²) in [4.78, 5) is 28.2. The molecule has 19 heavy (non-hydrogen) atoms. The Balaban J connectivity index is 2.44. The van der Waals surface area contributed by atoms with Gasteiger partial charge >= 0.3 is 0 Å². The molecule has 0 atom stereocenters. The zero-order chi connectivity index (χ0) is 14.0. The van der Waals surface area contributed by atoms with Gasteiger partial charge in [0.2, 0.25) is 0 Å². The second-order valence-electron chi connectivity index (χ2n) is 4.61. The number of carbonyl (C=O) groups excluding carboxylic acids is 2. The molecule has 1 aromatic heterocycles. The van der Waals surface area contributed by atoms with Gasteiger partial charge in [-0.15, -0.1) is 0 Å². The molecule has 1 heterocycles. The molecule has 1 aliphatic carbocycles. The third-order valence-corrected chi connectivity index (χ3v) is 3.15. The molecule has 0 aliphatic heterocycles. The van der Waals surface area contributed by atoms with Gasteiger partial charge in [0.1, 0.15) is 0 Å². The van der Waals surface area contributed by atoms with Crippen molar-refractivity contribution in [1.82, 2.24) is 10.3 Å². The molecular formula is C13H16N4O2. The van der Waals surface area contributed by atoms with Gasteiger partial charge in [-0.1, -0.05) is 0 Å². The highest BCUT2D eigenvalue weighted by molar-refractivity contribution is 6.07. The fourth-order valence-corrected chi connectivity index (χ4v) is 2.22. The molecule has 0 radical (unpaired) electrons. The van der Waals surface area contributed by atoms with E-state index in [0.717, 1.165) is 25.0 Å². The average molecular weight is 260 g/mol. The number of nitrogens with zero attached hydrogens (tertiary/aromatic N) is 1. The van der Waals surface area contributed by atoms with E-state index < -0.39 is 11.9 Å². The van der Waals surface area contributed by atoms with Crippen LogP contribution in [0.2, 0.25) is 0 Å². The molecule has 0 saturated carbocycles. The monoisotopic (exact) mass is 260 g/mol. The summed E-state index contributed by atoms with van der Waals surface area (Å²) < 4.78 is 0. The van der Waals surface area contributed by atoms with E-state index in [-0.39, 0.29) is 5.78 Å². The summed E-state index contributed by atoms with van der Waals surface area (Å²) in [5.41, 5.74) is 7.27. The van der Waals surface area contributed by atoms with Crippen LogP contribution in [0.25, 0.3) is 0 Å². The number of nitrogens with two attached hydrogens (primary N) is 1. The van der Waals surface area contributed by atoms with E-state index in [0.29, 0.717) is 23.2 Å². The third kappa shape index (κ3) is 2.78. The van der Waals surface area contributed by atoms with E-state index in [9.17, 15) is 9.59 Å². The first-order valence-electron chi connectivity index (χ1n) is 6.18. The lowest BCUT2D eigenvalue weighted by Gasteiger charge is -2.10. The standard InChI is InChI=1S/C13H16N4O2/c1-7-8(12(19)17-13(14)15)6-9-10(16-7)4-2-3-5-11(9)18/h6H,2-5H2,1H3,(H4,14,15,17,19). The second kappa shape index (κ2) is 5.17. The highest BCUT2D eigenvalue weighted by Crippen LogP contribution is 2.21. The molecule has 6 heteroatoms. The number of fused-ring (bicyclic) bond motifs is 1. The van der Waals surface area contributed by atoms with E-state index in [1.165, 1.54) is 0 Å². The number of pyridine rings is 1. The minimum absolute atomic E-state index is 0.0249. The SMILES string of the molecule is Cc1nc2c(cc1C(=O)NC(=N)N)C(=O)CCCC2. The summed E-state index contributed by atoms with van der Waals surface area (Å²) in [6, 6.07) is 1.57. The number of carbonyl (C=O) groups is 2. The summed E-state index contributed by atoms with van der Waals surface area (Å²) in [5, 5.41) is 9.27. The van der Waals surface area contributed by atoms with Crippen molar-refractivity contribution in [2.24, 2.45) is 5.73 Å². The molecule has 4 N–H and O–H groups in total. The number of amides is 1. The van der Waals surface area contributed by atoms with Crippen LogP contribution in [0.4, 0.5) is 0 Å². The first kappa shape index (κ1) is 13.2. The Hall–Kier alpha value is -2.24. The van der Waals surface area contributed by atoms with Crippen LogP contribution in [0.5, 0.6) is 0 Å². The number of rotatable bonds is 1. The zero-order valence-electron chi connectivity index (χ0n) is 10.7. The highest BCUT2D eigenvalue weighted by Gasteiger charge is 2.21. The predicted molar refractivity (Wildman–Crippen MR) is 70.2 cm³/mol. The minimum atomic E-state index is -0.502. The number of hydrogen-bond donors (Lipinski definition) is 3. The van der Waals surface area contributed by atoms with E-state index in [4.69, 9.17) is 11.1 Å². The molecule has 0 spiro atoms. The number of hydrogen-bond acceptors (Lipinski definition) is 4. The Labute approximate surface area is 110 Å². The van der Waals surface area contributed by atoms with Crippen molar-refractivity contribution in [3.05, 3.63) is 28.6 Å². The summed E-state index contributed by atoms with van der Waals surface area (Å²) in [7, 11) is 0. The molecule has 1 amide bonds. The van der Waals surface area contributed by atoms with Gasteiger partial charge in [0.05, 0.1) is 17.0 Å². The second-order valence-corrected chi connectivity index (χ2v) is 4.61. The number of aryl methyl sites for hydroxylation is 2. The molecular weight excluding hydrogens is 244 g/mol. The lowest BCUT2D eigenvalue weighted by molar-refractivity contribution is 0.0975. The maximum atomic E-state index is 12.0. The van der Waals surface area contributed by atoms with Crippen LogP contribution in [0.3, 0.4) is 0 Å². The lowest BCUT2D eigenvalue weighted by atomic mass is 10.0. The van der Waals surface area contributed by atoms with Crippen LogP contribution in [-0.4, -0.2) is 22.6 Å². The third-order valence-electron chi connectivity index (χ3n) is 3.15. The number of guanidine groups is 1. The average Bonchev–Trinajstić information content (AvgIpc) is 2.49. The molecule has 6 nitrogen and oxygen atoms in total. The van der Waals surface area contributed by atoms with E-state index in [1.807, 2.05) is 0 Å². The molecule has 0 unspecified atom stereocenters. The van der Waals surface area contributed by atoms with Gasteiger partial charge in [0.15, 0.2) is 11.7 Å². The van der Waals surface area contributed by atoms with E-state index in [2.05, 4.69) is 10.3 Å². The summed E-state index contributed by atoms with van der Waals surface area (Å²) in [5.74, 6) is -0.903. The van der Waals surface area contributed by atoms with Gasteiger partial charge in [0, 0.05) is 12.0 Å². The number of aromatic nitrogens is 1. The Morgan fingerprint density at radius 1 is 1.42 bits per heavy atom. The molecule has 100 valence electrons. The smallest absolute Gasteiger partial charge is 0.259 e. The van der Waals surface area contributed by atoms with Crippen molar-refractivity contribution in [1.29, 1.82) is 5.41 Å². The maximum absolute atomic E-state index is 12.0. The predicted octanol–water partition coefficient (Wildman–Crippen LogP) is 0.922. The lowest BCUT2D eigenvalue weighted by Crippen LogP contribution is -2.36. The maximum Gasteiger partial charge on any atom is 0.259 e. The fraction of sp³-hybridized carbons (Fsp3) is 0.385. The Kier molecular flexibility index (Phi) is 3.59. The molecule has 1 aromatic rings. The van der Waals surface area contributed by atoms with Gasteiger partial charge in [-0.25, -0.2) is 0 Å². The molecule has 0 fully saturated rings. The van der Waals surface area contributed by atoms with Crippen molar-refractivity contribution >= 4 is 17.6 Å². The largest absolute Gasteiger partial charge is 0.370 e. The van der Waals surface area contributed by atoms with Crippen LogP contribution >= 0.6 is 0 Å². The summed E-state index contributed by atoms with van der Waals surface area (Å²) in [6.07, 6.45) is 3.04. The van der Waals surface area contributed by atoms with Crippen LogP contribution in [0, 0.1) is 12.3 Å².